The first-order valence-electron chi connectivity index (χ1n) is 9.87. The second-order valence-electron chi connectivity index (χ2n) is 7.24. The van der Waals surface area contributed by atoms with Gasteiger partial charge in [-0.25, -0.2) is 9.37 Å². The van der Waals surface area contributed by atoms with Gasteiger partial charge in [0, 0.05) is 37.5 Å². The van der Waals surface area contributed by atoms with E-state index in [0.29, 0.717) is 6.42 Å². The number of benzene rings is 2. The van der Waals surface area contributed by atoms with Crippen molar-refractivity contribution in [1.29, 1.82) is 0 Å². The van der Waals surface area contributed by atoms with Crippen molar-refractivity contribution in [3.8, 4) is 0 Å². The Kier molecular flexibility index (Phi) is 6.35. The summed E-state index contributed by atoms with van der Waals surface area (Å²) in [6.07, 6.45) is 1.40. The van der Waals surface area contributed by atoms with Crippen LogP contribution in [0.15, 0.2) is 47.4 Å². The molecule has 4 rings (SSSR count). The molecule has 7 heteroatoms. The minimum Gasteiger partial charge on any atom is -0.345 e. The highest BCUT2D eigenvalue weighted by molar-refractivity contribution is 7.99. The molecule has 1 amide bonds. The highest BCUT2D eigenvalue weighted by Crippen LogP contribution is 2.30. The van der Waals surface area contributed by atoms with Crippen molar-refractivity contribution in [3.63, 3.8) is 0 Å². The van der Waals surface area contributed by atoms with Gasteiger partial charge in [-0.1, -0.05) is 17.4 Å². The minimum atomic E-state index is -0.218. The van der Waals surface area contributed by atoms with Crippen LogP contribution in [0.2, 0.25) is 0 Å². The predicted octanol–water partition coefficient (Wildman–Crippen LogP) is 4.96. The molecule has 0 radical (unpaired) electrons. The van der Waals surface area contributed by atoms with E-state index >= 15 is 0 Å². The van der Waals surface area contributed by atoms with E-state index in [4.69, 9.17) is 4.98 Å². The Bertz CT molecular complexity index is 981. The van der Waals surface area contributed by atoms with Gasteiger partial charge in [-0.15, -0.1) is 11.8 Å². The SMILES string of the molecule is Cc1ccc2nc(N3CCN(C(=O)CCCSc4ccc(F)cc4)CC3)sc2c1. The zero-order valence-corrected chi connectivity index (χ0v) is 18.1. The average Bonchev–Trinajstić information content (AvgIpc) is 3.15. The lowest BCUT2D eigenvalue weighted by molar-refractivity contribution is -0.131. The van der Waals surface area contributed by atoms with Crippen LogP contribution >= 0.6 is 23.1 Å². The number of fused-ring (bicyclic) bond motifs is 1. The summed E-state index contributed by atoms with van der Waals surface area (Å²) in [5.74, 6) is 0.872. The molecule has 0 aliphatic carbocycles. The van der Waals surface area contributed by atoms with E-state index in [1.807, 2.05) is 4.90 Å². The summed E-state index contributed by atoms with van der Waals surface area (Å²) in [5, 5.41) is 1.05. The molecule has 1 saturated heterocycles. The Hall–Kier alpha value is -2.12. The van der Waals surface area contributed by atoms with Gasteiger partial charge in [0.2, 0.25) is 5.91 Å². The van der Waals surface area contributed by atoms with E-state index in [-0.39, 0.29) is 11.7 Å². The number of aryl methyl sites for hydroxylation is 1. The smallest absolute Gasteiger partial charge is 0.222 e. The quantitative estimate of drug-likeness (QED) is 0.410. The number of rotatable bonds is 6. The molecule has 29 heavy (non-hydrogen) atoms. The summed E-state index contributed by atoms with van der Waals surface area (Å²) in [6.45, 7) is 5.25. The molecule has 0 N–H and O–H groups in total. The van der Waals surface area contributed by atoms with Crippen molar-refractivity contribution in [2.75, 3.05) is 36.8 Å². The van der Waals surface area contributed by atoms with Gasteiger partial charge in [0.1, 0.15) is 5.82 Å². The van der Waals surface area contributed by atoms with E-state index in [2.05, 4.69) is 30.0 Å². The van der Waals surface area contributed by atoms with E-state index in [1.165, 1.54) is 22.4 Å². The van der Waals surface area contributed by atoms with Crippen molar-refractivity contribution in [1.82, 2.24) is 9.88 Å². The van der Waals surface area contributed by atoms with Crippen molar-refractivity contribution >= 4 is 44.4 Å². The lowest BCUT2D eigenvalue weighted by atomic mass is 10.2. The first-order valence-corrected chi connectivity index (χ1v) is 11.7. The molecule has 0 spiro atoms. The minimum absolute atomic E-state index is 0.218. The van der Waals surface area contributed by atoms with Crippen molar-refractivity contribution in [2.24, 2.45) is 0 Å². The van der Waals surface area contributed by atoms with Crippen LogP contribution in [0, 0.1) is 12.7 Å². The Morgan fingerprint density at radius 1 is 1.14 bits per heavy atom. The lowest BCUT2D eigenvalue weighted by Gasteiger charge is -2.34. The molecule has 0 atom stereocenters. The first-order chi connectivity index (χ1) is 14.1. The maximum Gasteiger partial charge on any atom is 0.222 e. The Balaban J connectivity index is 1.22. The number of anilines is 1. The summed E-state index contributed by atoms with van der Waals surface area (Å²) in [5.41, 5.74) is 2.30. The third-order valence-corrected chi connectivity index (χ3v) is 7.23. The largest absolute Gasteiger partial charge is 0.345 e. The number of amides is 1. The molecule has 1 aromatic heterocycles. The molecular formula is C22H24FN3OS2. The standard InChI is InChI=1S/C22H24FN3OS2/c1-16-4-9-19-20(15-16)29-22(24-19)26-12-10-25(11-13-26)21(27)3-2-14-28-18-7-5-17(23)6-8-18/h4-9,15H,2-3,10-14H2,1H3. The topological polar surface area (TPSA) is 36.4 Å². The van der Waals surface area contributed by atoms with E-state index in [0.717, 1.165) is 53.9 Å². The maximum atomic E-state index is 12.9. The fraction of sp³-hybridized carbons (Fsp3) is 0.364. The van der Waals surface area contributed by atoms with Gasteiger partial charge in [0.25, 0.3) is 0 Å². The fourth-order valence-corrected chi connectivity index (χ4v) is 5.37. The van der Waals surface area contributed by atoms with Crippen molar-refractivity contribution in [2.45, 2.75) is 24.7 Å². The zero-order chi connectivity index (χ0) is 20.2. The Labute approximate surface area is 178 Å². The van der Waals surface area contributed by atoms with Gasteiger partial charge in [0.15, 0.2) is 5.13 Å². The first kappa shape index (κ1) is 20.2. The number of aromatic nitrogens is 1. The summed E-state index contributed by atoms with van der Waals surface area (Å²) >= 11 is 3.39. The molecule has 3 aromatic rings. The van der Waals surface area contributed by atoms with Crippen LogP contribution in [0.1, 0.15) is 18.4 Å². The summed E-state index contributed by atoms with van der Waals surface area (Å²) < 4.78 is 14.1. The van der Waals surface area contributed by atoms with Gasteiger partial charge in [-0.05, 0) is 61.1 Å². The van der Waals surface area contributed by atoms with Gasteiger partial charge < -0.3 is 9.80 Å². The van der Waals surface area contributed by atoms with E-state index in [1.54, 1.807) is 35.2 Å². The molecule has 1 aliphatic rings. The average molecular weight is 430 g/mol. The van der Waals surface area contributed by atoms with Crippen molar-refractivity contribution in [3.05, 3.63) is 53.8 Å². The number of thiazole rings is 1. The van der Waals surface area contributed by atoms with E-state index < -0.39 is 0 Å². The van der Waals surface area contributed by atoms with Crippen LogP contribution in [0.25, 0.3) is 10.2 Å². The van der Waals surface area contributed by atoms with Crippen LogP contribution in [-0.4, -0.2) is 47.7 Å². The predicted molar refractivity (Wildman–Crippen MR) is 120 cm³/mol. The summed E-state index contributed by atoms with van der Waals surface area (Å²) in [6, 6.07) is 12.9. The summed E-state index contributed by atoms with van der Waals surface area (Å²) in [7, 11) is 0. The molecule has 0 saturated carbocycles. The van der Waals surface area contributed by atoms with Gasteiger partial charge in [0.05, 0.1) is 10.2 Å². The molecule has 2 heterocycles. The van der Waals surface area contributed by atoms with Crippen LogP contribution in [0.3, 0.4) is 0 Å². The normalized spacial score (nSPS) is 14.6. The molecule has 152 valence electrons. The monoisotopic (exact) mass is 429 g/mol. The number of halogens is 1. The third-order valence-electron chi connectivity index (χ3n) is 5.05. The van der Waals surface area contributed by atoms with Gasteiger partial charge in [-0.2, -0.15) is 0 Å². The number of piperazine rings is 1. The van der Waals surface area contributed by atoms with Crippen LogP contribution < -0.4 is 4.90 Å². The molecule has 0 bridgehead atoms. The Morgan fingerprint density at radius 3 is 2.66 bits per heavy atom. The van der Waals surface area contributed by atoms with Gasteiger partial charge >= 0.3 is 0 Å². The van der Waals surface area contributed by atoms with Crippen LogP contribution in [-0.2, 0) is 4.79 Å². The number of nitrogens with zero attached hydrogens (tertiary/aromatic N) is 3. The second-order valence-corrected chi connectivity index (χ2v) is 9.42. The maximum absolute atomic E-state index is 12.9. The third kappa shape index (κ3) is 5.08. The highest BCUT2D eigenvalue weighted by Gasteiger charge is 2.22. The fourth-order valence-electron chi connectivity index (χ4n) is 3.40. The highest BCUT2D eigenvalue weighted by atomic mass is 32.2. The van der Waals surface area contributed by atoms with E-state index in [9.17, 15) is 9.18 Å². The van der Waals surface area contributed by atoms with Crippen LogP contribution in [0.4, 0.5) is 9.52 Å². The molecule has 2 aromatic carbocycles. The van der Waals surface area contributed by atoms with Crippen molar-refractivity contribution < 1.29 is 9.18 Å². The molecule has 4 nitrogen and oxygen atoms in total. The number of hydrogen-bond acceptors (Lipinski definition) is 5. The number of thioether (sulfide) groups is 1. The lowest BCUT2D eigenvalue weighted by Crippen LogP contribution is -2.48. The number of hydrogen-bond donors (Lipinski definition) is 0. The molecule has 1 fully saturated rings. The Morgan fingerprint density at radius 2 is 1.90 bits per heavy atom. The summed E-state index contributed by atoms with van der Waals surface area (Å²) in [4.78, 5) is 22.6. The number of carbonyl (C=O) groups excluding carboxylic acids is 1. The molecule has 0 unspecified atom stereocenters. The molecule has 1 aliphatic heterocycles. The second kappa shape index (κ2) is 9.13. The zero-order valence-electron chi connectivity index (χ0n) is 16.4. The van der Waals surface area contributed by atoms with Crippen LogP contribution in [0.5, 0.6) is 0 Å². The molecular weight excluding hydrogens is 405 g/mol. The number of carbonyl (C=O) groups is 1. The van der Waals surface area contributed by atoms with Gasteiger partial charge in [-0.3, -0.25) is 4.79 Å².